The van der Waals surface area contributed by atoms with Crippen molar-refractivity contribution in [1.82, 2.24) is 20.0 Å². The van der Waals surface area contributed by atoms with Crippen LogP contribution in [0.5, 0.6) is 0 Å². The Labute approximate surface area is 202 Å². The smallest absolute Gasteiger partial charge is 0.338 e. The summed E-state index contributed by atoms with van der Waals surface area (Å²) in [6.07, 6.45) is 3.52. The number of nitrogens with one attached hydrogen (secondary N) is 1. The van der Waals surface area contributed by atoms with Crippen LogP contribution in [0.1, 0.15) is 40.0 Å². The number of ether oxygens (including phenoxy) is 1. The van der Waals surface area contributed by atoms with Gasteiger partial charge < -0.3 is 18.6 Å². The van der Waals surface area contributed by atoms with Gasteiger partial charge in [-0.1, -0.05) is 11.8 Å². The summed E-state index contributed by atoms with van der Waals surface area (Å²) in [7, 11) is 1.23. The van der Waals surface area contributed by atoms with Gasteiger partial charge in [0.15, 0.2) is 10.8 Å². The lowest BCUT2D eigenvalue weighted by molar-refractivity contribution is -0.130. The maximum absolute atomic E-state index is 13.2. The number of fused-ring (bicyclic) bond motifs is 1. The minimum atomic E-state index is -0.661. The van der Waals surface area contributed by atoms with Crippen molar-refractivity contribution in [3.05, 3.63) is 76.0 Å². The summed E-state index contributed by atoms with van der Waals surface area (Å²) < 4.78 is 15.7. The van der Waals surface area contributed by atoms with E-state index in [9.17, 15) is 14.4 Å². The largest absolute Gasteiger partial charge is 0.467 e. The van der Waals surface area contributed by atoms with Crippen molar-refractivity contribution >= 4 is 40.4 Å². The fourth-order valence-electron chi connectivity index (χ4n) is 3.82. The summed E-state index contributed by atoms with van der Waals surface area (Å²) in [4.78, 5) is 49.2. The quantitative estimate of drug-likeness (QED) is 0.243. The molecule has 4 aromatic heterocycles. The number of pyridine rings is 1. The minimum Gasteiger partial charge on any atom is -0.467 e. The molecule has 178 valence electrons. The molecule has 1 unspecified atom stereocenters. The maximum atomic E-state index is 13.2. The number of rotatable bonds is 6. The van der Waals surface area contributed by atoms with Crippen LogP contribution in [0.2, 0.25) is 0 Å². The van der Waals surface area contributed by atoms with E-state index in [0.29, 0.717) is 29.3 Å². The molecule has 0 radical (unpaired) electrons. The van der Waals surface area contributed by atoms with Gasteiger partial charge in [-0.25, -0.2) is 19.8 Å². The van der Waals surface area contributed by atoms with Crippen LogP contribution in [0, 0.1) is 6.92 Å². The molecule has 0 saturated carbocycles. The first kappa shape index (κ1) is 22.6. The van der Waals surface area contributed by atoms with Gasteiger partial charge in [-0.05, 0) is 37.3 Å². The lowest BCUT2D eigenvalue weighted by Crippen LogP contribution is -2.28. The average molecular weight is 494 g/mol. The Balaban J connectivity index is 1.40. The highest BCUT2D eigenvalue weighted by atomic mass is 32.2. The van der Waals surface area contributed by atoms with E-state index in [0.717, 1.165) is 11.8 Å². The molecule has 11 nitrogen and oxygen atoms in total. The second-order valence-electron chi connectivity index (χ2n) is 7.66. The molecule has 1 N–H and O–H groups in total. The summed E-state index contributed by atoms with van der Waals surface area (Å²) in [5, 5.41) is 6.06. The van der Waals surface area contributed by atoms with E-state index in [1.54, 1.807) is 43.7 Å². The topological polar surface area (TPSA) is 144 Å². The number of amides is 1. The van der Waals surface area contributed by atoms with E-state index < -0.39 is 17.6 Å². The lowest BCUT2D eigenvalue weighted by Gasteiger charge is -2.19. The third-order valence-electron chi connectivity index (χ3n) is 5.36. The van der Waals surface area contributed by atoms with E-state index in [1.807, 2.05) is 0 Å². The van der Waals surface area contributed by atoms with E-state index >= 15 is 0 Å². The molecule has 1 aliphatic rings. The van der Waals surface area contributed by atoms with Crippen molar-refractivity contribution in [2.24, 2.45) is 5.10 Å². The first-order chi connectivity index (χ1) is 16.9. The molecule has 0 spiro atoms. The number of furan rings is 2. The zero-order valence-electron chi connectivity index (χ0n) is 18.7. The van der Waals surface area contributed by atoms with E-state index in [1.165, 1.54) is 18.2 Å². The van der Waals surface area contributed by atoms with Gasteiger partial charge in [0, 0.05) is 12.1 Å². The second kappa shape index (κ2) is 9.22. The van der Waals surface area contributed by atoms with Gasteiger partial charge in [0.1, 0.15) is 23.3 Å². The second-order valence-corrected chi connectivity index (χ2v) is 8.62. The summed E-state index contributed by atoms with van der Waals surface area (Å²) >= 11 is 1.03. The maximum Gasteiger partial charge on any atom is 0.338 e. The molecule has 1 atom stereocenters. The number of nitrogens with zero attached hydrogens (tertiary/aromatic N) is 4. The number of aromatic amines is 1. The molecule has 0 fully saturated rings. The Morgan fingerprint density at radius 3 is 2.74 bits per heavy atom. The Morgan fingerprint density at radius 2 is 2.03 bits per heavy atom. The van der Waals surface area contributed by atoms with Crippen LogP contribution in [0.3, 0.4) is 0 Å². The zero-order valence-corrected chi connectivity index (χ0v) is 19.5. The number of aromatic nitrogens is 3. The van der Waals surface area contributed by atoms with Crippen LogP contribution in [0.15, 0.2) is 66.7 Å². The monoisotopic (exact) mass is 493 g/mol. The van der Waals surface area contributed by atoms with Crippen LogP contribution in [0.25, 0.3) is 11.0 Å². The highest BCUT2D eigenvalue weighted by Gasteiger charge is 2.35. The highest BCUT2D eigenvalue weighted by Crippen LogP contribution is 2.34. The molecule has 1 amide bonds. The van der Waals surface area contributed by atoms with E-state index in [-0.39, 0.29) is 33.4 Å². The van der Waals surface area contributed by atoms with Gasteiger partial charge in [0.2, 0.25) is 0 Å². The van der Waals surface area contributed by atoms with Crippen molar-refractivity contribution in [1.29, 1.82) is 0 Å². The first-order valence-electron chi connectivity index (χ1n) is 10.5. The van der Waals surface area contributed by atoms with Crippen molar-refractivity contribution in [3.63, 3.8) is 0 Å². The van der Waals surface area contributed by atoms with Gasteiger partial charge in [0.25, 0.3) is 11.5 Å². The molecule has 4 aromatic rings. The number of hydrogen-bond donors (Lipinski definition) is 1. The van der Waals surface area contributed by atoms with Gasteiger partial charge in [-0.3, -0.25) is 9.59 Å². The molecule has 12 heteroatoms. The number of methoxy groups -OCH3 is 1. The third kappa shape index (κ3) is 4.35. The predicted octanol–water partition coefficient (Wildman–Crippen LogP) is 3.07. The average Bonchev–Trinajstić information content (AvgIpc) is 3.61. The van der Waals surface area contributed by atoms with Crippen LogP contribution < -0.4 is 5.56 Å². The number of carbonyl (C=O) groups excluding carboxylic acids is 2. The van der Waals surface area contributed by atoms with E-state index in [2.05, 4.69) is 20.1 Å². The SMILES string of the molecule is COC(=O)c1cc(C)nc2nc(SCC(=O)N3N=C(c4ccco4)CC3c3ccco3)[nH]c(=O)c12. The molecule has 1 aliphatic heterocycles. The normalized spacial score (nSPS) is 15.4. The number of H-pyrrole nitrogens is 1. The van der Waals surface area contributed by atoms with Crippen molar-refractivity contribution in [2.45, 2.75) is 24.5 Å². The fourth-order valence-corrected chi connectivity index (χ4v) is 4.52. The molecular weight excluding hydrogens is 474 g/mol. The first-order valence-corrected chi connectivity index (χ1v) is 11.5. The van der Waals surface area contributed by atoms with Gasteiger partial charge in [-0.2, -0.15) is 5.10 Å². The molecule has 0 saturated heterocycles. The van der Waals surface area contributed by atoms with Crippen molar-refractivity contribution < 1.29 is 23.2 Å². The Bertz CT molecular complexity index is 1490. The molecule has 0 bridgehead atoms. The Morgan fingerprint density at radius 1 is 1.23 bits per heavy atom. The molecule has 35 heavy (non-hydrogen) atoms. The number of carbonyl (C=O) groups is 2. The third-order valence-corrected chi connectivity index (χ3v) is 6.22. The minimum absolute atomic E-state index is 0.0308. The summed E-state index contributed by atoms with van der Waals surface area (Å²) in [5.74, 6) is 0.143. The van der Waals surface area contributed by atoms with Crippen LogP contribution in [0.4, 0.5) is 0 Å². The molecule has 0 aliphatic carbocycles. The number of esters is 1. The summed E-state index contributed by atoms with van der Waals surface area (Å²) in [5.41, 5.74) is 0.750. The van der Waals surface area contributed by atoms with Gasteiger partial charge >= 0.3 is 5.97 Å². The Hall–Kier alpha value is -4.19. The van der Waals surface area contributed by atoms with Crippen LogP contribution >= 0.6 is 11.8 Å². The van der Waals surface area contributed by atoms with Crippen molar-refractivity contribution in [2.75, 3.05) is 12.9 Å². The molecule has 5 rings (SSSR count). The van der Waals surface area contributed by atoms with Gasteiger partial charge in [0.05, 0.1) is 36.3 Å². The fraction of sp³-hybridized carbons (Fsp3) is 0.217. The van der Waals surface area contributed by atoms with Crippen LogP contribution in [-0.2, 0) is 9.53 Å². The molecular formula is C23H19N5O6S. The Kier molecular flexibility index (Phi) is 5.95. The molecule has 5 heterocycles. The molecule has 0 aromatic carbocycles. The predicted molar refractivity (Wildman–Crippen MR) is 125 cm³/mol. The zero-order chi connectivity index (χ0) is 24.5. The standard InChI is InChI=1S/C23H19N5O6S/c1-12-9-13(22(31)32-2)19-20(24-12)25-23(26-21(19)30)35-11-18(29)28-15(17-6-4-8-34-17)10-14(27-28)16-5-3-7-33-16/h3-9,15H,10-11H2,1-2H3,(H,24,25,26,30). The highest BCUT2D eigenvalue weighted by molar-refractivity contribution is 7.99. The van der Waals surface area contributed by atoms with E-state index in [4.69, 9.17) is 13.6 Å². The number of aryl methyl sites for hydroxylation is 1. The lowest BCUT2D eigenvalue weighted by atomic mass is 10.1. The number of hydrogen-bond acceptors (Lipinski definition) is 10. The number of hydrazone groups is 1. The van der Waals surface area contributed by atoms with Crippen LogP contribution in [-0.4, -0.2) is 50.4 Å². The summed E-state index contributed by atoms with van der Waals surface area (Å²) in [6.45, 7) is 1.68. The van der Waals surface area contributed by atoms with Gasteiger partial charge in [-0.15, -0.1) is 0 Å². The summed E-state index contributed by atoms with van der Waals surface area (Å²) in [6, 6.07) is 8.12. The number of thioether (sulfide) groups is 1. The van der Waals surface area contributed by atoms with Crippen molar-refractivity contribution in [3.8, 4) is 0 Å².